The Hall–Kier alpha value is -2.95. The predicted molar refractivity (Wildman–Crippen MR) is 90.6 cm³/mol. The SMILES string of the molecule is C=CCNC(=O)c1ccnc(C(=O)Nc2ccc(C)cc2C)c1. The minimum atomic E-state index is -0.352. The molecule has 0 aliphatic heterocycles. The van der Waals surface area contributed by atoms with E-state index < -0.39 is 0 Å². The van der Waals surface area contributed by atoms with Gasteiger partial charge in [0.15, 0.2) is 0 Å². The molecule has 0 saturated carbocycles. The van der Waals surface area contributed by atoms with E-state index in [1.165, 1.54) is 12.3 Å². The van der Waals surface area contributed by atoms with Crippen molar-refractivity contribution in [1.29, 1.82) is 0 Å². The third kappa shape index (κ3) is 4.26. The molecule has 118 valence electrons. The van der Waals surface area contributed by atoms with Crippen molar-refractivity contribution in [2.45, 2.75) is 13.8 Å². The van der Waals surface area contributed by atoms with Gasteiger partial charge in [0.05, 0.1) is 0 Å². The molecule has 0 bridgehead atoms. The van der Waals surface area contributed by atoms with Crippen LogP contribution in [0.15, 0.2) is 49.2 Å². The molecule has 1 aromatic heterocycles. The zero-order valence-corrected chi connectivity index (χ0v) is 13.2. The topological polar surface area (TPSA) is 71.1 Å². The number of benzene rings is 1. The lowest BCUT2D eigenvalue weighted by Gasteiger charge is -2.09. The first-order valence-corrected chi connectivity index (χ1v) is 7.25. The average Bonchev–Trinajstić information content (AvgIpc) is 2.55. The molecule has 2 amide bonds. The summed E-state index contributed by atoms with van der Waals surface area (Å²) in [7, 11) is 0. The van der Waals surface area contributed by atoms with E-state index in [2.05, 4.69) is 22.2 Å². The molecule has 2 aromatic rings. The van der Waals surface area contributed by atoms with E-state index in [0.717, 1.165) is 16.8 Å². The van der Waals surface area contributed by atoms with E-state index in [-0.39, 0.29) is 17.5 Å². The lowest BCUT2D eigenvalue weighted by atomic mass is 10.1. The monoisotopic (exact) mass is 309 g/mol. The van der Waals surface area contributed by atoms with Gasteiger partial charge >= 0.3 is 0 Å². The second kappa shape index (κ2) is 7.35. The van der Waals surface area contributed by atoms with Gasteiger partial charge in [-0.25, -0.2) is 0 Å². The molecule has 0 unspecified atom stereocenters. The van der Waals surface area contributed by atoms with Gasteiger partial charge in [-0.3, -0.25) is 14.6 Å². The number of pyridine rings is 1. The van der Waals surface area contributed by atoms with Crippen LogP contribution in [0.4, 0.5) is 5.69 Å². The Bertz CT molecular complexity index is 754. The number of hydrogen-bond acceptors (Lipinski definition) is 3. The maximum Gasteiger partial charge on any atom is 0.274 e. The van der Waals surface area contributed by atoms with Gasteiger partial charge in [-0.15, -0.1) is 6.58 Å². The van der Waals surface area contributed by atoms with E-state index in [1.807, 2.05) is 32.0 Å². The van der Waals surface area contributed by atoms with Crippen LogP contribution in [0.5, 0.6) is 0 Å². The maximum atomic E-state index is 12.3. The first kappa shape index (κ1) is 16.4. The van der Waals surface area contributed by atoms with Crippen molar-refractivity contribution in [2.75, 3.05) is 11.9 Å². The first-order chi connectivity index (χ1) is 11.0. The third-order valence-electron chi connectivity index (χ3n) is 3.29. The Morgan fingerprint density at radius 1 is 1.17 bits per heavy atom. The van der Waals surface area contributed by atoms with Crippen molar-refractivity contribution < 1.29 is 9.59 Å². The Morgan fingerprint density at radius 3 is 2.65 bits per heavy atom. The van der Waals surface area contributed by atoms with E-state index >= 15 is 0 Å². The standard InChI is InChI=1S/C18H19N3O2/c1-4-8-20-17(22)14-7-9-19-16(11-14)18(23)21-15-6-5-12(2)10-13(15)3/h4-7,9-11H,1,8H2,2-3H3,(H,20,22)(H,21,23). The average molecular weight is 309 g/mol. The Labute approximate surface area is 135 Å². The highest BCUT2D eigenvalue weighted by Crippen LogP contribution is 2.17. The number of aryl methyl sites for hydroxylation is 2. The Morgan fingerprint density at radius 2 is 1.96 bits per heavy atom. The van der Waals surface area contributed by atoms with Crippen LogP contribution in [-0.4, -0.2) is 23.3 Å². The van der Waals surface area contributed by atoms with Crippen LogP contribution in [0.2, 0.25) is 0 Å². The largest absolute Gasteiger partial charge is 0.349 e. The molecule has 1 heterocycles. The quantitative estimate of drug-likeness (QED) is 0.834. The number of aromatic nitrogens is 1. The normalized spacial score (nSPS) is 10.0. The Kier molecular flexibility index (Phi) is 5.25. The first-order valence-electron chi connectivity index (χ1n) is 7.25. The number of nitrogens with zero attached hydrogens (tertiary/aromatic N) is 1. The fourth-order valence-electron chi connectivity index (χ4n) is 2.10. The molecule has 2 rings (SSSR count). The summed E-state index contributed by atoms with van der Waals surface area (Å²) in [5.74, 6) is -0.622. The summed E-state index contributed by atoms with van der Waals surface area (Å²) in [6.07, 6.45) is 3.03. The molecule has 0 saturated heterocycles. The summed E-state index contributed by atoms with van der Waals surface area (Å²) >= 11 is 0. The Balaban J connectivity index is 2.16. The highest BCUT2D eigenvalue weighted by molar-refractivity contribution is 6.05. The van der Waals surface area contributed by atoms with Gasteiger partial charge < -0.3 is 10.6 Å². The lowest BCUT2D eigenvalue weighted by Crippen LogP contribution is -2.24. The molecule has 0 spiro atoms. The number of rotatable bonds is 5. The van der Waals surface area contributed by atoms with Gasteiger partial charge in [0, 0.05) is 24.0 Å². The number of anilines is 1. The van der Waals surface area contributed by atoms with E-state index in [0.29, 0.717) is 12.1 Å². The van der Waals surface area contributed by atoms with Gasteiger partial charge in [0.25, 0.3) is 11.8 Å². The maximum absolute atomic E-state index is 12.3. The van der Waals surface area contributed by atoms with Crippen LogP contribution in [0, 0.1) is 13.8 Å². The number of nitrogens with one attached hydrogen (secondary N) is 2. The van der Waals surface area contributed by atoms with Crippen molar-refractivity contribution in [3.05, 3.63) is 71.6 Å². The van der Waals surface area contributed by atoms with Gasteiger partial charge in [-0.2, -0.15) is 0 Å². The fraction of sp³-hybridized carbons (Fsp3) is 0.167. The van der Waals surface area contributed by atoms with Gasteiger partial charge in [0.2, 0.25) is 0 Å². The van der Waals surface area contributed by atoms with Crippen LogP contribution in [0.1, 0.15) is 32.0 Å². The van der Waals surface area contributed by atoms with Crippen molar-refractivity contribution >= 4 is 17.5 Å². The summed E-state index contributed by atoms with van der Waals surface area (Å²) in [6, 6.07) is 8.80. The number of amides is 2. The zero-order valence-electron chi connectivity index (χ0n) is 13.2. The molecule has 2 N–H and O–H groups in total. The van der Waals surface area contributed by atoms with Crippen LogP contribution in [0.3, 0.4) is 0 Å². The fourth-order valence-corrected chi connectivity index (χ4v) is 2.10. The summed E-state index contributed by atoms with van der Waals surface area (Å²) < 4.78 is 0. The molecule has 5 heteroatoms. The predicted octanol–water partition coefficient (Wildman–Crippen LogP) is 2.87. The van der Waals surface area contributed by atoms with Gasteiger partial charge in [-0.1, -0.05) is 23.8 Å². The molecule has 0 aliphatic carbocycles. The second-order valence-electron chi connectivity index (χ2n) is 5.20. The summed E-state index contributed by atoms with van der Waals surface area (Å²) in [5.41, 5.74) is 3.39. The molecule has 0 atom stereocenters. The third-order valence-corrected chi connectivity index (χ3v) is 3.29. The van der Waals surface area contributed by atoms with Crippen LogP contribution in [0.25, 0.3) is 0 Å². The van der Waals surface area contributed by atoms with Crippen LogP contribution >= 0.6 is 0 Å². The molecule has 1 aromatic carbocycles. The zero-order chi connectivity index (χ0) is 16.8. The smallest absolute Gasteiger partial charge is 0.274 e. The molecular weight excluding hydrogens is 290 g/mol. The minimum Gasteiger partial charge on any atom is -0.349 e. The van der Waals surface area contributed by atoms with Crippen molar-refractivity contribution in [1.82, 2.24) is 10.3 Å². The highest BCUT2D eigenvalue weighted by atomic mass is 16.2. The summed E-state index contributed by atoms with van der Waals surface area (Å²) in [5, 5.41) is 5.48. The molecule has 0 fully saturated rings. The summed E-state index contributed by atoms with van der Waals surface area (Å²) in [6.45, 7) is 7.83. The number of carbonyl (C=O) groups excluding carboxylic acids is 2. The number of carbonyl (C=O) groups is 2. The van der Waals surface area contributed by atoms with E-state index in [9.17, 15) is 9.59 Å². The van der Waals surface area contributed by atoms with Crippen LogP contribution < -0.4 is 10.6 Å². The van der Waals surface area contributed by atoms with Gasteiger partial charge in [-0.05, 0) is 37.6 Å². The van der Waals surface area contributed by atoms with Crippen molar-refractivity contribution in [2.24, 2.45) is 0 Å². The minimum absolute atomic E-state index is 0.191. The van der Waals surface area contributed by atoms with Crippen molar-refractivity contribution in [3.63, 3.8) is 0 Å². The molecule has 23 heavy (non-hydrogen) atoms. The molecule has 0 aliphatic rings. The van der Waals surface area contributed by atoms with E-state index in [4.69, 9.17) is 0 Å². The number of hydrogen-bond donors (Lipinski definition) is 2. The molecule has 0 radical (unpaired) electrons. The second-order valence-corrected chi connectivity index (χ2v) is 5.20. The lowest BCUT2D eigenvalue weighted by molar-refractivity contribution is 0.0958. The summed E-state index contributed by atoms with van der Waals surface area (Å²) in [4.78, 5) is 28.3. The molecule has 5 nitrogen and oxygen atoms in total. The highest BCUT2D eigenvalue weighted by Gasteiger charge is 2.12. The van der Waals surface area contributed by atoms with Crippen molar-refractivity contribution in [3.8, 4) is 0 Å². The van der Waals surface area contributed by atoms with Gasteiger partial charge in [0.1, 0.15) is 5.69 Å². The van der Waals surface area contributed by atoms with Crippen LogP contribution in [-0.2, 0) is 0 Å². The van der Waals surface area contributed by atoms with E-state index in [1.54, 1.807) is 12.1 Å². The molecular formula is C18H19N3O2.